The van der Waals surface area contributed by atoms with E-state index in [2.05, 4.69) is 9.97 Å². The van der Waals surface area contributed by atoms with Crippen LogP contribution < -0.4 is 37.9 Å². The van der Waals surface area contributed by atoms with Crippen LogP contribution in [0.2, 0.25) is 5.02 Å². The van der Waals surface area contributed by atoms with Gasteiger partial charge in [-0.2, -0.15) is 9.99 Å². The number of hydrogen-bond acceptors (Lipinski definition) is 7. The van der Waals surface area contributed by atoms with E-state index in [4.69, 9.17) is 39.5 Å². The van der Waals surface area contributed by atoms with Gasteiger partial charge in [-0.15, -0.1) is 0 Å². The highest BCUT2D eigenvalue weighted by atomic mass is 35.5. The first kappa shape index (κ1) is 19.1. The average molecular weight is 403 g/mol. The number of anilines is 2. The summed E-state index contributed by atoms with van der Waals surface area (Å²) in [6.07, 6.45) is 0. The van der Waals surface area contributed by atoms with Crippen molar-refractivity contribution in [2.75, 3.05) is 10.0 Å². The van der Waals surface area contributed by atoms with Crippen molar-refractivity contribution in [3.05, 3.63) is 47.5 Å². The second kappa shape index (κ2) is 7.52. The molecular formula is C16H15ClN8O3. The number of nitrogens with two attached hydrogens (primary N) is 4. The third kappa shape index (κ3) is 3.71. The molecule has 12 heteroatoms. The Labute approximate surface area is 163 Å². The topological polar surface area (TPSA) is 180 Å². The van der Waals surface area contributed by atoms with E-state index in [0.717, 1.165) is 0 Å². The summed E-state index contributed by atoms with van der Waals surface area (Å²) in [6, 6.07) is 9.48. The van der Waals surface area contributed by atoms with Gasteiger partial charge in [0.15, 0.2) is 5.82 Å². The molecule has 0 atom stereocenters. The highest BCUT2D eigenvalue weighted by Gasteiger charge is 2.22. The average Bonchev–Trinajstić information content (AvgIpc) is 2.66. The molecule has 0 bridgehead atoms. The van der Waals surface area contributed by atoms with Crippen LogP contribution in [0.3, 0.4) is 0 Å². The van der Waals surface area contributed by atoms with Crippen LogP contribution in [-0.4, -0.2) is 22.0 Å². The van der Waals surface area contributed by atoms with Gasteiger partial charge in [0.1, 0.15) is 11.5 Å². The molecule has 2 aromatic carbocycles. The maximum Gasteiger partial charge on any atom is 0.336 e. The van der Waals surface area contributed by atoms with Gasteiger partial charge in [0.25, 0.3) is 5.95 Å². The molecule has 1 heterocycles. The number of nitrogens with zero attached hydrogens (tertiary/aromatic N) is 4. The fraction of sp³-hybridized carbons (Fsp3) is 0. The summed E-state index contributed by atoms with van der Waals surface area (Å²) in [5, 5.41) is 1.80. The number of ether oxygens (including phenoxy) is 1. The highest BCUT2D eigenvalue weighted by molar-refractivity contribution is 6.30. The second-order valence-corrected chi connectivity index (χ2v) is 5.91. The summed E-state index contributed by atoms with van der Waals surface area (Å²) in [7, 11) is 0. The van der Waals surface area contributed by atoms with Gasteiger partial charge in [-0.25, -0.2) is 31.3 Å². The minimum Gasteiger partial charge on any atom is -0.456 e. The number of benzene rings is 2. The van der Waals surface area contributed by atoms with E-state index in [0.29, 0.717) is 20.8 Å². The third-order valence-corrected chi connectivity index (χ3v) is 3.83. The lowest BCUT2D eigenvalue weighted by Gasteiger charge is -2.20. The number of halogens is 1. The van der Waals surface area contributed by atoms with Crippen molar-refractivity contribution >= 4 is 46.3 Å². The molecule has 8 N–H and O–H groups in total. The van der Waals surface area contributed by atoms with Crippen molar-refractivity contribution in [3.8, 4) is 11.5 Å². The Balaban J connectivity index is 2.23. The third-order valence-electron chi connectivity index (χ3n) is 3.60. The summed E-state index contributed by atoms with van der Waals surface area (Å²) in [5.41, 5.74) is 10.7. The fourth-order valence-corrected chi connectivity index (χ4v) is 2.53. The molecule has 0 spiro atoms. The molecule has 0 aliphatic carbocycles. The van der Waals surface area contributed by atoms with Crippen molar-refractivity contribution in [1.82, 2.24) is 9.97 Å². The smallest absolute Gasteiger partial charge is 0.336 e. The lowest BCUT2D eigenvalue weighted by Crippen LogP contribution is -2.45. The zero-order valence-electron chi connectivity index (χ0n) is 14.2. The van der Waals surface area contributed by atoms with E-state index >= 15 is 0 Å². The summed E-state index contributed by atoms with van der Waals surface area (Å²) in [5.74, 6) is 11.6. The van der Waals surface area contributed by atoms with E-state index in [1.54, 1.807) is 42.5 Å². The number of urea groups is 2. The van der Waals surface area contributed by atoms with Crippen LogP contribution in [0.15, 0.2) is 42.5 Å². The molecule has 28 heavy (non-hydrogen) atoms. The standard InChI is InChI=1S/C16H15ClN8O3/c17-8-3-1-4-9(7-8)28-11-6-2-5-10-12(11)13(24(20)14(18)26)23-16(22-10)25(21)15(19)27/h1-7H,20-21H2,(H2,18,26)(H2,19,27). The Morgan fingerprint density at radius 3 is 2.29 bits per heavy atom. The molecule has 3 aromatic rings. The van der Waals surface area contributed by atoms with Gasteiger partial charge in [-0.1, -0.05) is 23.7 Å². The van der Waals surface area contributed by atoms with Crippen molar-refractivity contribution in [1.29, 1.82) is 0 Å². The number of hydrazine groups is 2. The van der Waals surface area contributed by atoms with Crippen LogP contribution >= 0.6 is 11.6 Å². The Kier molecular flexibility index (Phi) is 5.13. The number of carbonyl (C=O) groups excluding carboxylic acids is 2. The van der Waals surface area contributed by atoms with Crippen molar-refractivity contribution < 1.29 is 14.3 Å². The van der Waals surface area contributed by atoms with Crippen LogP contribution in [-0.2, 0) is 0 Å². The molecule has 0 radical (unpaired) electrons. The van der Waals surface area contributed by atoms with E-state index in [1.165, 1.54) is 0 Å². The van der Waals surface area contributed by atoms with Gasteiger partial charge in [0.2, 0.25) is 0 Å². The van der Waals surface area contributed by atoms with Crippen LogP contribution in [0.1, 0.15) is 0 Å². The predicted octanol–water partition coefficient (Wildman–Crippen LogP) is 1.59. The lowest BCUT2D eigenvalue weighted by atomic mass is 10.2. The van der Waals surface area contributed by atoms with Crippen molar-refractivity contribution in [3.63, 3.8) is 0 Å². The van der Waals surface area contributed by atoms with E-state index in [1.807, 2.05) is 0 Å². The number of hydrogen-bond donors (Lipinski definition) is 4. The largest absolute Gasteiger partial charge is 0.456 e. The monoisotopic (exact) mass is 402 g/mol. The molecule has 3 rings (SSSR count). The first-order valence-corrected chi connectivity index (χ1v) is 8.08. The molecule has 0 saturated heterocycles. The molecule has 144 valence electrons. The lowest BCUT2D eigenvalue weighted by molar-refractivity contribution is 0.253. The van der Waals surface area contributed by atoms with E-state index in [-0.39, 0.29) is 28.4 Å². The number of rotatable bonds is 4. The number of aromatic nitrogens is 2. The van der Waals surface area contributed by atoms with Gasteiger partial charge in [-0.05, 0) is 30.3 Å². The molecular weight excluding hydrogens is 388 g/mol. The Morgan fingerprint density at radius 2 is 1.64 bits per heavy atom. The van der Waals surface area contributed by atoms with E-state index in [9.17, 15) is 9.59 Å². The van der Waals surface area contributed by atoms with Gasteiger partial charge < -0.3 is 16.2 Å². The molecule has 0 aliphatic rings. The summed E-state index contributed by atoms with van der Waals surface area (Å²) in [6.45, 7) is 0. The summed E-state index contributed by atoms with van der Waals surface area (Å²) < 4.78 is 5.86. The first-order valence-electron chi connectivity index (χ1n) is 7.70. The molecule has 0 fully saturated rings. The van der Waals surface area contributed by atoms with Crippen molar-refractivity contribution in [2.45, 2.75) is 0 Å². The van der Waals surface area contributed by atoms with Crippen molar-refractivity contribution in [2.24, 2.45) is 23.2 Å². The Hall–Kier alpha value is -3.67. The number of primary amides is 2. The van der Waals surface area contributed by atoms with Gasteiger partial charge in [0.05, 0.1) is 10.9 Å². The highest BCUT2D eigenvalue weighted by Crippen LogP contribution is 2.36. The Morgan fingerprint density at radius 1 is 0.964 bits per heavy atom. The second-order valence-electron chi connectivity index (χ2n) is 5.47. The molecule has 1 aromatic heterocycles. The number of amides is 4. The van der Waals surface area contributed by atoms with Gasteiger partial charge in [-0.3, -0.25) is 0 Å². The normalized spacial score (nSPS) is 10.5. The molecule has 4 amide bonds. The Bertz CT molecular complexity index is 1080. The summed E-state index contributed by atoms with van der Waals surface area (Å²) in [4.78, 5) is 31.2. The number of carbonyl (C=O) groups is 2. The molecule has 0 aliphatic heterocycles. The number of fused-ring (bicyclic) bond motifs is 1. The van der Waals surface area contributed by atoms with Crippen LogP contribution in [0.5, 0.6) is 11.5 Å². The quantitative estimate of drug-likeness (QED) is 0.290. The fourth-order valence-electron chi connectivity index (χ4n) is 2.35. The zero-order chi connectivity index (χ0) is 20.4. The molecule has 0 unspecified atom stereocenters. The maximum atomic E-state index is 11.6. The van der Waals surface area contributed by atoms with E-state index < -0.39 is 12.1 Å². The summed E-state index contributed by atoms with van der Waals surface area (Å²) >= 11 is 5.98. The van der Waals surface area contributed by atoms with Gasteiger partial charge in [0, 0.05) is 5.02 Å². The molecule has 0 saturated carbocycles. The van der Waals surface area contributed by atoms with Crippen LogP contribution in [0, 0.1) is 0 Å². The zero-order valence-corrected chi connectivity index (χ0v) is 15.0. The predicted molar refractivity (Wildman–Crippen MR) is 104 cm³/mol. The van der Waals surface area contributed by atoms with Crippen LogP contribution in [0.25, 0.3) is 10.9 Å². The first-order chi connectivity index (χ1) is 13.3. The van der Waals surface area contributed by atoms with Gasteiger partial charge >= 0.3 is 12.1 Å². The molecule has 11 nitrogen and oxygen atoms in total. The SMILES string of the molecule is NC(=O)N(N)c1nc(N(N)C(N)=O)c2c(Oc3cccc(Cl)c3)cccc2n1. The van der Waals surface area contributed by atoms with Crippen LogP contribution in [0.4, 0.5) is 21.4 Å². The minimum atomic E-state index is -1.01. The maximum absolute atomic E-state index is 11.6. The minimum absolute atomic E-state index is 0.137.